The zero-order valence-corrected chi connectivity index (χ0v) is 7.62. The Balaban J connectivity index is 3.22. The van der Waals surface area contributed by atoms with Gasteiger partial charge in [0.1, 0.15) is 0 Å². The number of rotatable bonds is 2. The minimum atomic E-state index is -0.834. The summed E-state index contributed by atoms with van der Waals surface area (Å²) in [6.45, 7) is 1.54. The van der Waals surface area contributed by atoms with Crippen LogP contribution in [-0.2, 0) is 5.54 Å². The molecular formula is C9H15N3O. The summed E-state index contributed by atoms with van der Waals surface area (Å²) in [5.74, 6) is 0. The molecule has 0 aliphatic rings. The fraction of sp³-hybridized carbons (Fsp3) is 0.333. The van der Waals surface area contributed by atoms with Gasteiger partial charge in [-0.05, 0) is 18.6 Å². The van der Waals surface area contributed by atoms with E-state index in [9.17, 15) is 0 Å². The molecule has 0 saturated heterocycles. The van der Waals surface area contributed by atoms with E-state index in [0.717, 1.165) is 0 Å². The highest BCUT2D eigenvalue weighted by Gasteiger charge is 2.22. The van der Waals surface area contributed by atoms with Crippen LogP contribution in [0.1, 0.15) is 12.5 Å². The third-order valence-electron chi connectivity index (χ3n) is 2.08. The van der Waals surface area contributed by atoms with E-state index in [4.69, 9.17) is 22.3 Å². The second-order valence-electron chi connectivity index (χ2n) is 3.38. The van der Waals surface area contributed by atoms with Gasteiger partial charge in [-0.3, -0.25) is 0 Å². The Hall–Kier alpha value is -1.26. The van der Waals surface area contributed by atoms with Crippen LogP contribution < -0.4 is 17.2 Å². The Bertz CT molecular complexity index is 310. The van der Waals surface area contributed by atoms with Gasteiger partial charge in [-0.15, -0.1) is 0 Å². The van der Waals surface area contributed by atoms with Crippen LogP contribution >= 0.6 is 0 Å². The Kier molecular flexibility index (Phi) is 2.45. The quantitative estimate of drug-likeness (QED) is 0.483. The summed E-state index contributed by atoms with van der Waals surface area (Å²) in [7, 11) is 0. The molecule has 0 aliphatic carbocycles. The highest BCUT2D eigenvalue weighted by atomic mass is 16.3. The lowest BCUT2D eigenvalue weighted by molar-refractivity contribution is 0.210. The summed E-state index contributed by atoms with van der Waals surface area (Å²) in [6, 6.07) is 5.23. The largest absolute Gasteiger partial charge is 0.397 e. The Morgan fingerprint density at radius 1 is 1.38 bits per heavy atom. The van der Waals surface area contributed by atoms with Gasteiger partial charge >= 0.3 is 0 Å². The molecule has 0 spiro atoms. The number of hydrogen-bond donors (Lipinski definition) is 4. The van der Waals surface area contributed by atoms with Crippen molar-refractivity contribution in [3.63, 3.8) is 0 Å². The Morgan fingerprint density at radius 3 is 2.54 bits per heavy atom. The zero-order chi connectivity index (χ0) is 10.1. The molecule has 0 fully saturated rings. The maximum absolute atomic E-state index is 9.04. The zero-order valence-electron chi connectivity index (χ0n) is 7.62. The SMILES string of the molecule is C[C@](N)(CO)c1cccc(N)c1N. The number of aliphatic hydroxyl groups is 1. The summed E-state index contributed by atoms with van der Waals surface area (Å²) in [5, 5.41) is 9.04. The van der Waals surface area contributed by atoms with Crippen LogP contribution in [0.15, 0.2) is 18.2 Å². The van der Waals surface area contributed by atoms with E-state index in [0.29, 0.717) is 16.9 Å². The molecule has 72 valence electrons. The third-order valence-corrected chi connectivity index (χ3v) is 2.08. The summed E-state index contributed by atoms with van der Waals surface area (Å²) in [5.41, 5.74) is 17.9. The third kappa shape index (κ3) is 1.74. The van der Waals surface area contributed by atoms with Gasteiger partial charge in [0, 0.05) is 0 Å². The predicted octanol–water partition coefficient (Wildman–Crippen LogP) is 0.0172. The van der Waals surface area contributed by atoms with Crippen molar-refractivity contribution in [1.29, 1.82) is 0 Å². The van der Waals surface area contributed by atoms with Crippen molar-refractivity contribution in [3.8, 4) is 0 Å². The number of aliphatic hydroxyl groups excluding tert-OH is 1. The van der Waals surface area contributed by atoms with Crippen LogP contribution in [0.5, 0.6) is 0 Å². The summed E-state index contributed by atoms with van der Waals surface area (Å²) in [6.07, 6.45) is 0. The fourth-order valence-corrected chi connectivity index (χ4v) is 1.17. The minimum Gasteiger partial charge on any atom is -0.397 e. The molecule has 0 amide bonds. The van der Waals surface area contributed by atoms with E-state index < -0.39 is 5.54 Å². The Morgan fingerprint density at radius 2 is 2.00 bits per heavy atom. The average Bonchev–Trinajstić information content (AvgIpc) is 2.09. The van der Waals surface area contributed by atoms with Crippen molar-refractivity contribution in [2.24, 2.45) is 5.73 Å². The summed E-state index contributed by atoms with van der Waals surface area (Å²) >= 11 is 0. The molecule has 0 unspecified atom stereocenters. The van der Waals surface area contributed by atoms with Crippen LogP contribution in [0.25, 0.3) is 0 Å². The van der Waals surface area contributed by atoms with E-state index in [-0.39, 0.29) is 6.61 Å². The standard InChI is InChI=1S/C9H15N3O/c1-9(12,5-13)6-3-2-4-7(10)8(6)11/h2-4,13H,5,10-12H2,1H3/t9-/m0/s1. The molecule has 0 aliphatic heterocycles. The van der Waals surface area contributed by atoms with E-state index in [1.807, 2.05) is 0 Å². The van der Waals surface area contributed by atoms with Gasteiger partial charge in [0.05, 0.1) is 23.5 Å². The van der Waals surface area contributed by atoms with E-state index in [2.05, 4.69) is 0 Å². The molecule has 1 aromatic carbocycles. The molecule has 1 aromatic rings. The summed E-state index contributed by atoms with van der Waals surface area (Å²) < 4.78 is 0. The van der Waals surface area contributed by atoms with Crippen LogP contribution in [0.4, 0.5) is 11.4 Å². The van der Waals surface area contributed by atoms with Gasteiger partial charge < -0.3 is 22.3 Å². The molecule has 0 aromatic heterocycles. The number of para-hydroxylation sites is 1. The van der Waals surface area contributed by atoms with Crippen molar-refractivity contribution in [2.45, 2.75) is 12.5 Å². The van der Waals surface area contributed by atoms with Crippen LogP contribution in [0.3, 0.4) is 0 Å². The monoisotopic (exact) mass is 181 g/mol. The predicted molar refractivity (Wildman–Crippen MR) is 53.9 cm³/mol. The lowest BCUT2D eigenvalue weighted by Gasteiger charge is -2.24. The fourth-order valence-electron chi connectivity index (χ4n) is 1.17. The molecular weight excluding hydrogens is 166 g/mol. The van der Waals surface area contributed by atoms with E-state index >= 15 is 0 Å². The van der Waals surface area contributed by atoms with Crippen molar-refractivity contribution in [3.05, 3.63) is 23.8 Å². The molecule has 0 heterocycles. The van der Waals surface area contributed by atoms with Gasteiger partial charge in [0.25, 0.3) is 0 Å². The van der Waals surface area contributed by atoms with E-state index in [1.165, 1.54) is 0 Å². The molecule has 13 heavy (non-hydrogen) atoms. The Labute approximate surface area is 77.3 Å². The lowest BCUT2D eigenvalue weighted by atomic mass is 9.92. The first-order valence-electron chi connectivity index (χ1n) is 4.03. The molecule has 0 saturated carbocycles. The number of anilines is 2. The average molecular weight is 181 g/mol. The van der Waals surface area contributed by atoms with Crippen molar-refractivity contribution >= 4 is 11.4 Å². The molecule has 1 rings (SSSR count). The first kappa shape index (κ1) is 9.83. The van der Waals surface area contributed by atoms with Crippen LogP contribution in [0.2, 0.25) is 0 Å². The molecule has 4 heteroatoms. The first-order chi connectivity index (χ1) is 5.99. The van der Waals surface area contributed by atoms with Gasteiger partial charge in [0.15, 0.2) is 0 Å². The molecule has 0 bridgehead atoms. The van der Waals surface area contributed by atoms with Gasteiger partial charge in [-0.2, -0.15) is 0 Å². The van der Waals surface area contributed by atoms with Crippen LogP contribution in [0, 0.1) is 0 Å². The number of nitrogen functional groups attached to an aromatic ring is 2. The van der Waals surface area contributed by atoms with Crippen molar-refractivity contribution in [1.82, 2.24) is 0 Å². The molecule has 7 N–H and O–H groups in total. The normalized spacial score (nSPS) is 15.3. The molecule has 1 atom stereocenters. The second kappa shape index (κ2) is 3.24. The van der Waals surface area contributed by atoms with Gasteiger partial charge in [0.2, 0.25) is 0 Å². The van der Waals surface area contributed by atoms with Gasteiger partial charge in [-0.1, -0.05) is 12.1 Å². The molecule has 4 nitrogen and oxygen atoms in total. The number of benzene rings is 1. The van der Waals surface area contributed by atoms with Crippen LogP contribution in [-0.4, -0.2) is 11.7 Å². The molecule has 0 radical (unpaired) electrons. The maximum Gasteiger partial charge on any atom is 0.0651 e. The van der Waals surface area contributed by atoms with Crippen molar-refractivity contribution in [2.75, 3.05) is 18.1 Å². The minimum absolute atomic E-state index is 0.166. The maximum atomic E-state index is 9.04. The second-order valence-corrected chi connectivity index (χ2v) is 3.38. The first-order valence-corrected chi connectivity index (χ1v) is 4.03. The number of hydrogen-bond acceptors (Lipinski definition) is 4. The number of nitrogens with two attached hydrogens (primary N) is 3. The highest BCUT2D eigenvalue weighted by Crippen LogP contribution is 2.27. The lowest BCUT2D eigenvalue weighted by Crippen LogP contribution is -2.37. The van der Waals surface area contributed by atoms with Gasteiger partial charge in [-0.25, -0.2) is 0 Å². The van der Waals surface area contributed by atoms with E-state index in [1.54, 1.807) is 25.1 Å². The highest BCUT2D eigenvalue weighted by molar-refractivity contribution is 5.68. The topological polar surface area (TPSA) is 98.3 Å². The smallest absolute Gasteiger partial charge is 0.0651 e. The van der Waals surface area contributed by atoms with Crippen molar-refractivity contribution < 1.29 is 5.11 Å². The summed E-state index contributed by atoms with van der Waals surface area (Å²) in [4.78, 5) is 0.